The minimum atomic E-state index is -0.526. The molecule has 0 N–H and O–H groups in total. The number of ketones is 1. The summed E-state index contributed by atoms with van der Waals surface area (Å²) in [6.07, 6.45) is 0. The number of nitrogens with zero attached hydrogens (tertiary/aromatic N) is 1. The average molecular weight is 231 g/mol. The second-order valence-corrected chi connectivity index (χ2v) is 3.95. The Morgan fingerprint density at radius 3 is 2.47 bits per heavy atom. The van der Waals surface area contributed by atoms with Gasteiger partial charge in [0.1, 0.15) is 11.5 Å². The molecule has 17 heavy (non-hydrogen) atoms. The summed E-state index contributed by atoms with van der Waals surface area (Å²) in [5.74, 6) is -0.357. The zero-order valence-electron chi connectivity index (χ0n) is 9.98. The molecule has 4 nitrogen and oxygen atoms in total. The van der Waals surface area contributed by atoms with Crippen molar-refractivity contribution in [2.24, 2.45) is 0 Å². The summed E-state index contributed by atoms with van der Waals surface area (Å²) >= 11 is 0. The van der Waals surface area contributed by atoms with Gasteiger partial charge in [-0.1, -0.05) is 18.2 Å². The molecule has 2 rings (SSSR count). The van der Waals surface area contributed by atoms with E-state index >= 15 is 0 Å². The number of aromatic nitrogens is 1. The van der Waals surface area contributed by atoms with Crippen molar-refractivity contribution in [3.05, 3.63) is 51.8 Å². The maximum absolute atomic E-state index is 11.8. The fourth-order valence-corrected chi connectivity index (χ4v) is 1.91. The highest BCUT2D eigenvalue weighted by molar-refractivity contribution is 5.93. The van der Waals surface area contributed by atoms with Crippen molar-refractivity contribution in [1.82, 2.24) is 4.57 Å². The molecule has 0 spiro atoms. The van der Waals surface area contributed by atoms with Gasteiger partial charge in [-0.25, -0.2) is 9.36 Å². The van der Waals surface area contributed by atoms with Crippen LogP contribution in [0.15, 0.2) is 33.5 Å². The van der Waals surface area contributed by atoms with Crippen molar-refractivity contribution < 1.29 is 9.21 Å². The van der Waals surface area contributed by atoms with Gasteiger partial charge in [-0.2, -0.15) is 0 Å². The number of aryl methyl sites for hydroxylation is 2. The maximum Gasteiger partial charge on any atom is 0.424 e. The highest BCUT2D eigenvalue weighted by Crippen LogP contribution is 2.17. The fraction of sp³-hybridized carbons (Fsp3) is 0.231. The zero-order chi connectivity index (χ0) is 12.6. The van der Waals surface area contributed by atoms with Crippen molar-refractivity contribution in [2.75, 3.05) is 0 Å². The molecule has 0 radical (unpaired) electrons. The number of oxazole rings is 1. The van der Waals surface area contributed by atoms with Crippen LogP contribution in [-0.2, 0) is 0 Å². The van der Waals surface area contributed by atoms with E-state index in [0.717, 1.165) is 5.56 Å². The molecule has 0 saturated heterocycles. The molecule has 0 bridgehead atoms. The van der Waals surface area contributed by atoms with Gasteiger partial charge in [-0.05, 0) is 25.5 Å². The summed E-state index contributed by atoms with van der Waals surface area (Å²) in [7, 11) is 0. The second kappa shape index (κ2) is 4.05. The van der Waals surface area contributed by atoms with Gasteiger partial charge in [0.25, 0.3) is 0 Å². The van der Waals surface area contributed by atoms with Gasteiger partial charge in [0.05, 0.1) is 5.69 Å². The third-order valence-corrected chi connectivity index (χ3v) is 2.67. The Kier molecular flexibility index (Phi) is 2.71. The maximum atomic E-state index is 11.8. The van der Waals surface area contributed by atoms with Gasteiger partial charge in [0, 0.05) is 6.92 Å². The molecular weight excluding hydrogens is 218 g/mol. The Labute approximate surface area is 98.5 Å². The lowest BCUT2D eigenvalue weighted by Crippen LogP contribution is -2.17. The van der Waals surface area contributed by atoms with Crippen LogP contribution in [0, 0.1) is 13.8 Å². The Hall–Kier alpha value is -2.10. The smallest absolute Gasteiger partial charge is 0.412 e. The number of Topliss-reactive ketones (excluding diaryl/α,β-unsaturated/α-hetero) is 1. The predicted octanol–water partition coefficient (Wildman–Crippen LogP) is 2.25. The Balaban J connectivity index is 2.81. The van der Waals surface area contributed by atoms with E-state index in [4.69, 9.17) is 4.42 Å². The molecule has 0 saturated carbocycles. The topological polar surface area (TPSA) is 52.2 Å². The molecule has 0 aliphatic carbocycles. The van der Waals surface area contributed by atoms with E-state index in [0.29, 0.717) is 17.1 Å². The monoisotopic (exact) mass is 231 g/mol. The highest BCUT2D eigenvalue weighted by atomic mass is 16.4. The van der Waals surface area contributed by atoms with Gasteiger partial charge in [0.2, 0.25) is 0 Å². The fourth-order valence-electron chi connectivity index (χ4n) is 1.91. The van der Waals surface area contributed by atoms with Crippen LogP contribution >= 0.6 is 0 Å². The normalized spacial score (nSPS) is 10.5. The molecule has 0 unspecified atom stereocenters. The number of carbonyl (C=O) groups is 1. The molecule has 1 aromatic heterocycles. The third-order valence-electron chi connectivity index (χ3n) is 2.67. The van der Waals surface area contributed by atoms with E-state index in [1.165, 1.54) is 11.5 Å². The minimum absolute atomic E-state index is 0.184. The Morgan fingerprint density at radius 2 is 1.88 bits per heavy atom. The summed E-state index contributed by atoms with van der Waals surface area (Å²) < 4.78 is 6.33. The first-order chi connectivity index (χ1) is 8.02. The number of hydrogen-bond acceptors (Lipinski definition) is 3. The second-order valence-electron chi connectivity index (χ2n) is 3.95. The lowest BCUT2D eigenvalue weighted by molar-refractivity contribution is 0.101. The number of hydrogen-bond donors (Lipinski definition) is 0. The molecule has 1 heterocycles. The Bertz CT molecular complexity index is 634. The standard InChI is InChI=1S/C13H13NO3/c1-8-6-4-5-7-11(8)14-12(9(2)15)10(3)17-13(14)16/h4-7H,1-3H3. The molecule has 2 aromatic rings. The van der Waals surface area contributed by atoms with Crippen LogP contribution in [0.4, 0.5) is 0 Å². The van der Waals surface area contributed by atoms with E-state index in [-0.39, 0.29) is 5.78 Å². The molecule has 1 aromatic carbocycles. The molecule has 0 amide bonds. The highest BCUT2D eigenvalue weighted by Gasteiger charge is 2.19. The van der Waals surface area contributed by atoms with Crippen molar-refractivity contribution >= 4 is 5.78 Å². The first-order valence-corrected chi connectivity index (χ1v) is 5.31. The molecule has 0 aliphatic rings. The van der Waals surface area contributed by atoms with Crippen LogP contribution < -0.4 is 5.76 Å². The van der Waals surface area contributed by atoms with Gasteiger partial charge < -0.3 is 4.42 Å². The number of benzene rings is 1. The predicted molar refractivity (Wildman–Crippen MR) is 63.8 cm³/mol. The summed E-state index contributed by atoms with van der Waals surface area (Å²) in [5, 5.41) is 0. The van der Waals surface area contributed by atoms with E-state index in [2.05, 4.69) is 0 Å². The van der Waals surface area contributed by atoms with Crippen LogP contribution in [-0.4, -0.2) is 10.4 Å². The first kappa shape index (κ1) is 11.4. The molecule has 0 atom stereocenters. The van der Waals surface area contributed by atoms with Crippen LogP contribution in [0.3, 0.4) is 0 Å². The van der Waals surface area contributed by atoms with Crippen LogP contribution in [0.5, 0.6) is 0 Å². The average Bonchev–Trinajstić information content (AvgIpc) is 2.54. The number of carbonyl (C=O) groups excluding carboxylic acids is 1. The van der Waals surface area contributed by atoms with E-state index in [1.807, 2.05) is 25.1 Å². The molecule has 88 valence electrons. The van der Waals surface area contributed by atoms with Crippen molar-refractivity contribution in [3.8, 4) is 5.69 Å². The molecule has 0 aliphatic heterocycles. The summed E-state index contributed by atoms with van der Waals surface area (Å²) in [6, 6.07) is 7.37. The van der Waals surface area contributed by atoms with Crippen LogP contribution in [0.1, 0.15) is 28.7 Å². The first-order valence-electron chi connectivity index (χ1n) is 5.31. The van der Waals surface area contributed by atoms with Crippen molar-refractivity contribution in [2.45, 2.75) is 20.8 Å². The third kappa shape index (κ3) is 1.82. The minimum Gasteiger partial charge on any atom is -0.412 e. The summed E-state index contributed by atoms with van der Waals surface area (Å²) in [4.78, 5) is 23.3. The van der Waals surface area contributed by atoms with E-state index in [1.54, 1.807) is 13.0 Å². The van der Waals surface area contributed by atoms with Crippen molar-refractivity contribution in [3.63, 3.8) is 0 Å². The lowest BCUT2D eigenvalue weighted by Gasteiger charge is -2.07. The number of para-hydroxylation sites is 1. The summed E-state index contributed by atoms with van der Waals surface area (Å²) in [5.41, 5.74) is 1.90. The molecule has 4 heteroatoms. The van der Waals surface area contributed by atoms with Gasteiger partial charge in [0.15, 0.2) is 5.78 Å². The largest absolute Gasteiger partial charge is 0.424 e. The quantitative estimate of drug-likeness (QED) is 0.745. The zero-order valence-corrected chi connectivity index (χ0v) is 9.98. The van der Waals surface area contributed by atoms with E-state index < -0.39 is 5.76 Å². The number of rotatable bonds is 2. The van der Waals surface area contributed by atoms with Crippen LogP contribution in [0.2, 0.25) is 0 Å². The van der Waals surface area contributed by atoms with Gasteiger partial charge in [-0.15, -0.1) is 0 Å². The van der Waals surface area contributed by atoms with Crippen LogP contribution in [0.25, 0.3) is 5.69 Å². The lowest BCUT2D eigenvalue weighted by atomic mass is 10.2. The van der Waals surface area contributed by atoms with Gasteiger partial charge >= 0.3 is 5.76 Å². The Morgan fingerprint density at radius 1 is 1.24 bits per heavy atom. The van der Waals surface area contributed by atoms with Gasteiger partial charge in [-0.3, -0.25) is 4.79 Å². The van der Waals surface area contributed by atoms with E-state index in [9.17, 15) is 9.59 Å². The summed E-state index contributed by atoms with van der Waals surface area (Å²) in [6.45, 7) is 4.92. The van der Waals surface area contributed by atoms with Crippen molar-refractivity contribution in [1.29, 1.82) is 0 Å². The molecule has 0 fully saturated rings. The molecular formula is C13H13NO3. The SMILES string of the molecule is CC(=O)c1c(C)oc(=O)n1-c1ccccc1C.